The standard InChI is InChI=1S/C32H36ClFN6O2/c1-3-27(41)38-11-13-39(14-12-38)30-23-9-10-40(26-6-4-5-22-7-8-24(34)29(33)28(22)26)20-25(23)35-31(36-30)42-16-15-37(2)32-17-21(18-32)19-32/h3-8,21H,1,9-20H2,2H3. The lowest BCUT2D eigenvalue weighted by molar-refractivity contribution is -0.135. The molecule has 0 spiro atoms. The molecule has 5 aliphatic rings. The summed E-state index contributed by atoms with van der Waals surface area (Å²) in [5.41, 5.74) is 3.29. The van der Waals surface area contributed by atoms with Crippen molar-refractivity contribution < 1.29 is 13.9 Å². The van der Waals surface area contributed by atoms with Crippen LogP contribution in [-0.2, 0) is 17.8 Å². The zero-order chi connectivity index (χ0) is 29.0. The molecule has 3 aliphatic carbocycles. The maximum Gasteiger partial charge on any atom is 0.318 e. The molecule has 3 aromatic rings. The van der Waals surface area contributed by atoms with Crippen molar-refractivity contribution in [3.63, 3.8) is 0 Å². The summed E-state index contributed by atoms with van der Waals surface area (Å²) < 4.78 is 20.7. The normalized spacial score (nSPS) is 23.0. The zero-order valence-corrected chi connectivity index (χ0v) is 24.7. The van der Waals surface area contributed by atoms with Crippen molar-refractivity contribution in [1.29, 1.82) is 0 Å². The molecular formula is C32H36ClFN6O2. The number of fused-ring (bicyclic) bond motifs is 2. The monoisotopic (exact) mass is 590 g/mol. The van der Waals surface area contributed by atoms with Gasteiger partial charge >= 0.3 is 6.01 Å². The number of likely N-dealkylation sites (N-methyl/N-ethyl adjacent to an activating group) is 1. The van der Waals surface area contributed by atoms with Crippen molar-refractivity contribution in [2.75, 3.05) is 62.7 Å². The Bertz CT molecular complexity index is 1540. The van der Waals surface area contributed by atoms with Gasteiger partial charge in [-0.15, -0.1) is 0 Å². The Morgan fingerprint density at radius 3 is 2.64 bits per heavy atom. The van der Waals surface area contributed by atoms with Gasteiger partial charge in [-0.2, -0.15) is 9.97 Å². The Balaban J connectivity index is 1.16. The summed E-state index contributed by atoms with van der Waals surface area (Å²) in [5, 5.41) is 1.76. The highest BCUT2D eigenvalue weighted by molar-refractivity contribution is 6.36. The number of benzene rings is 2. The highest BCUT2D eigenvalue weighted by atomic mass is 35.5. The maximum absolute atomic E-state index is 14.5. The lowest BCUT2D eigenvalue weighted by Gasteiger charge is -2.66. The number of hydrogen-bond acceptors (Lipinski definition) is 7. The van der Waals surface area contributed by atoms with Crippen molar-refractivity contribution in [2.24, 2.45) is 5.92 Å². The summed E-state index contributed by atoms with van der Waals surface area (Å²) in [7, 11) is 2.19. The number of halogens is 2. The second kappa shape index (κ2) is 10.7. The third kappa shape index (κ3) is 4.67. The van der Waals surface area contributed by atoms with Crippen LogP contribution in [0.25, 0.3) is 10.8 Å². The minimum absolute atomic E-state index is 0.0444. The molecule has 1 saturated heterocycles. The average Bonchev–Trinajstić information content (AvgIpc) is 2.96. The minimum Gasteiger partial charge on any atom is -0.462 e. The summed E-state index contributed by atoms with van der Waals surface area (Å²) in [6, 6.07) is 9.49. The maximum atomic E-state index is 14.5. The molecule has 8 rings (SSSR count). The fourth-order valence-electron chi connectivity index (χ4n) is 7.15. The first-order valence-corrected chi connectivity index (χ1v) is 15.2. The first-order valence-electron chi connectivity index (χ1n) is 14.9. The fraction of sp³-hybridized carbons (Fsp3) is 0.469. The molecule has 42 heavy (non-hydrogen) atoms. The number of piperazine rings is 1. The number of rotatable bonds is 8. The summed E-state index contributed by atoms with van der Waals surface area (Å²) in [4.78, 5) is 30.8. The molecule has 1 aromatic heterocycles. The van der Waals surface area contributed by atoms with Gasteiger partial charge in [0.2, 0.25) is 5.91 Å². The molecule has 0 N–H and O–H groups in total. The molecule has 220 valence electrons. The van der Waals surface area contributed by atoms with E-state index >= 15 is 0 Å². The number of hydrogen-bond donors (Lipinski definition) is 0. The molecule has 3 heterocycles. The van der Waals surface area contributed by atoms with Crippen LogP contribution in [0.4, 0.5) is 15.9 Å². The molecule has 2 aromatic carbocycles. The van der Waals surface area contributed by atoms with E-state index in [-0.39, 0.29) is 10.9 Å². The Hall–Kier alpha value is -3.43. The van der Waals surface area contributed by atoms with Gasteiger partial charge in [-0.25, -0.2) is 4.39 Å². The Morgan fingerprint density at radius 1 is 1.14 bits per heavy atom. The lowest BCUT2D eigenvalue weighted by Crippen LogP contribution is -2.67. The predicted octanol–water partition coefficient (Wildman–Crippen LogP) is 4.68. The quantitative estimate of drug-likeness (QED) is 0.353. The molecule has 4 fully saturated rings. The van der Waals surface area contributed by atoms with E-state index in [1.54, 1.807) is 6.07 Å². The van der Waals surface area contributed by atoms with Crippen LogP contribution >= 0.6 is 11.6 Å². The molecule has 2 aliphatic heterocycles. The molecule has 2 bridgehead atoms. The van der Waals surface area contributed by atoms with Gasteiger partial charge < -0.3 is 19.4 Å². The molecule has 3 saturated carbocycles. The second-order valence-electron chi connectivity index (χ2n) is 12.2. The summed E-state index contributed by atoms with van der Waals surface area (Å²) in [6.07, 6.45) is 6.02. The van der Waals surface area contributed by atoms with Gasteiger partial charge in [-0.3, -0.25) is 9.69 Å². The molecule has 0 unspecified atom stereocenters. The first kappa shape index (κ1) is 27.4. The van der Waals surface area contributed by atoms with E-state index < -0.39 is 5.82 Å². The number of nitrogens with zero attached hydrogens (tertiary/aromatic N) is 6. The van der Waals surface area contributed by atoms with Crippen LogP contribution in [0.2, 0.25) is 5.02 Å². The number of anilines is 2. The van der Waals surface area contributed by atoms with Crippen LogP contribution in [0.15, 0.2) is 43.0 Å². The number of amides is 1. The van der Waals surface area contributed by atoms with Gasteiger partial charge in [0.1, 0.15) is 18.2 Å². The fourth-order valence-corrected chi connectivity index (χ4v) is 7.42. The highest BCUT2D eigenvalue weighted by Gasteiger charge is 2.58. The Labute approximate surface area is 250 Å². The number of carbonyl (C=O) groups is 1. The van der Waals surface area contributed by atoms with Gasteiger partial charge in [0, 0.05) is 61.4 Å². The van der Waals surface area contributed by atoms with Crippen LogP contribution in [-0.4, -0.2) is 84.1 Å². The van der Waals surface area contributed by atoms with Crippen LogP contribution in [0, 0.1) is 11.7 Å². The van der Waals surface area contributed by atoms with E-state index in [1.807, 2.05) is 23.1 Å². The van der Waals surface area contributed by atoms with Crippen molar-refractivity contribution in [2.45, 2.75) is 37.8 Å². The molecular weight excluding hydrogens is 555 g/mol. The zero-order valence-electron chi connectivity index (χ0n) is 24.0. The smallest absolute Gasteiger partial charge is 0.318 e. The predicted molar refractivity (Wildman–Crippen MR) is 163 cm³/mol. The van der Waals surface area contributed by atoms with Gasteiger partial charge in [-0.1, -0.05) is 36.4 Å². The summed E-state index contributed by atoms with van der Waals surface area (Å²) >= 11 is 6.49. The van der Waals surface area contributed by atoms with Gasteiger partial charge in [0.25, 0.3) is 0 Å². The van der Waals surface area contributed by atoms with E-state index in [2.05, 4.69) is 28.3 Å². The van der Waals surface area contributed by atoms with E-state index in [0.717, 1.165) is 53.6 Å². The third-order valence-corrected chi connectivity index (χ3v) is 10.2. The van der Waals surface area contributed by atoms with Crippen molar-refractivity contribution in [3.05, 3.63) is 65.1 Å². The van der Waals surface area contributed by atoms with Crippen LogP contribution in [0.1, 0.15) is 30.5 Å². The van der Waals surface area contributed by atoms with Gasteiger partial charge in [0.05, 0.1) is 17.3 Å². The highest BCUT2D eigenvalue weighted by Crippen LogP contribution is 2.60. The topological polar surface area (TPSA) is 65.0 Å². The molecule has 8 nitrogen and oxygen atoms in total. The average molecular weight is 591 g/mol. The number of aromatic nitrogens is 2. The molecule has 1 amide bonds. The minimum atomic E-state index is -0.424. The van der Waals surface area contributed by atoms with Crippen LogP contribution < -0.4 is 14.5 Å². The van der Waals surface area contributed by atoms with Crippen molar-refractivity contribution >= 4 is 39.8 Å². The van der Waals surface area contributed by atoms with E-state index in [0.29, 0.717) is 56.3 Å². The lowest BCUT2D eigenvalue weighted by atomic mass is 9.49. The van der Waals surface area contributed by atoms with Crippen LogP contribution in [0.3, 0.4) is 0 Å². The second-order valence-corrected chi connectivity index (χ2v) is 12.5. The van der Waals surface area contributed by atoms with Crippen molar-refractivity contribution in [3.8, 4) is 6.01 Å². The number of carbonyl (C=O) groups excluding carboxylic acids is 1. The number of ether oxygens (including phenoxy) is 1. The largest absolute Gasteiger partial charge is 0.462 e. The van der Waals surface area contributed by atoms with Gasteiger partial charge in [-0.05, 0) is 62.2 Å². The Morgan fingerprint density at radius 2 is 1.93 bits per heavy atom. The van der Waals surface area contributed by atoms with Crippen LogP contribution in [0.5, 0.6) is 6.01 Å². The van der Waals surface area contributed by atoms with Gasteiger partial charge in [0.15, 0.2) is 0 Å². The Kier molecular flexibility index (Phi) is 6.97. The third-order valence-electron chi connectivity index (χ3n) is 9.82. The van der Waals surface area contributed by atoms with E-state index in [4.69, 9.17) is 26.3 Å². The molecule has 0 radical (unpaired) electrons. The summed E-state index contributed by atoms with van der Waals surface area (Å²) in [6.45, 7) is 8.81. The van der Waals surface area contributed by atoms with E-state index in [9.17, 15) is 9.18 Å². The van der Waals surface area contributed by atoms with Crippen molar-refractivity contribution in [1.82, 2.24) is 19.8 Å². The molecule has 0 atom stereocenters. The SMILES string of the molecule is C=CC(=O)N1CCN(c2nc(OCCN(C)C34CC(C3)C4)nc3c2CCN(c2cccc4ccc(F)c(Cl)c24)C3)CC1. The molecule has 10 heteroatoms. The summed E-state index contributed by atoms with van der Waals surface area (Å²) in [5.74, 6) is 1.35. The van der Waals surface area contributed by atoms with E-state index in [1.165, 1.54) is 31.4 Å². The first-order chi connectivity index (χ1) is 20.3.